The molecule has 1 aromatic heterocycles. The number of amides is 1. The molecule has 0 saturated carbocycles. The van der Waals surface area contributed by atoms with Crippen LogP contribution >= 0.6 is 23.6 Å². The number of aromatic nitrogens is 1. The van der Waals surface area contributed by atoms with E-state index in [-0.39, 0.29) is 11.8 Å². The zero-order valence-electron chi connectivity index (χ0n) is 8.61. The Hall–Kier alpha value is -1.01. The molecule has 6 heteroatoms. The standard InChI is InChI=1S/C9H13N3OS2/c1-5(8(10)14)3-11-9(13)7-6(2)12-4-15-7/h4-5H,3H2,1-2H3,(H2,10,14)(H,11,13). The Kier molecular flexibility index (Phi) is 4.16. The number of nitrogens with one attached hydrogen (secondary N) is 1. The fourth-order valence-electron chi connectivity index (χ4n) is 0.947. The highest BCUT2D eigenvalue weighted by Gasteiger charge is 2.13. The van der Waals surface area contributed by atoms with Gasteiger partial charge in [-0.1, -0.05) is 19.1 Å². The number of carbonyl (C=O) groups is 1. The van der Waals surface area contributed by atoms with E-state index in [1.165, 1.54) is 11.3 Å². The number of nitrogens with zero attached hydrogens (tertiary/aromatic N) is 1. The van der Waals surface area contributed by atoms with Crippen molar-refractivity contribution in [1.29, 1.82) is 0 Å². The monoisotopic (exact) mass is 243 g/mol. The zero-order valence-corrected chi connectivity index (χ0v) is 10.2. The van der Waals surface area contributed by atoms with E-state index in [9.17, 15) is 4.79 Å². The van der Waals surface area contributed by atoms with Crippen LogP contribution in [0.1, 0.15) is 22.3 Å². The summed E-state index contributed by atoms with van der Waals surface area (Å²) in [5, 5.41) is 2.77. The highest BCUT2D eigenvalue weighted by atomic mass is 32.1. The molecule has 4 nitrogen and oxygen atoms in total. The Labute approximate surface area is 97.9 Å². The quantitative estimate of drug-likeness (QED) is 0.777. The van der Waals surface area contributed by atoms with Gasteiger partial charge in [-0.15, -0.1) is 11.3 Å². The van der Waals surface area contributed by atoms with Crippen LogP contribution in [0.25, 0.3) is 0 Å². The van der Waals surface area contributed by atoms with E-state index in [2.05, 4.69) is 10.3 Å². The Morgan fingerprint density at radius 1 is 1.80 bits per heavy atom. The molecule has 0 spiro atoms. The van der Waals surface area contributed by atoms with Gasteiger partial charge in [-0.2, -0.15) is 0 Å². The number of nitrogens with two attached hydrogens (primary N) is 1. The summed E-state index contributed by atoms with van der Waals surface area (Å²) in [6.07, 6.45) is 0. The van der Waals surface area contributed by atoms with Gasteiger partial charge in [0, 0.05) is 12.5 Å². The second kappa shape index (κ2) is 5.18. The second-order valence-electron chi connectivity index (χ2n) is 3.28. The number of rotatable bonds is 4. The molecule has 0 aliphatic rings. The van der Waals surface area contributed by atoms with Gasteiger partial charge in [0.05, 0.1) is 16.2 Å². The predicted octanol–water partition coefficient (Wildman–Crippen LogP) is 1.10. The maximum absolute atomic E-state index is 11.6. The molecule has 1 heterocycles. The van der Waals surface area contributed by atoms with Crippen molar-refractivity contribution < 1.29 is 4.79 Å². The van der Waals surface area contributed by atoms with Crippen molar-refractivity contribution in [3.8, 4) is 0 Å². The number of thiocarbonyl (C=S) groups is 1. The van der Waals surface area contributed by atoms with Crippen molar-refractivity contribution in [3.05, 3.63) is 16.1 Å². The van der Waals surface area contributed by atoms with Gasteiger partial charge < -0.3 is 11.1 Å². The molecular weight excluding hydrogens is 230 g/mol. The molecule has 1 amide bonds. The van der Waals surface area contributed by atoms with Gasteiger partial charge in [0.1, 0.15) is 4.88 Å². The largest absolute Gasteiger partial charge is 0.393 e. The van der Waals surface area contributed by atoms with E-state index in [0.29, 0.717) is 16.4 Å². The first-order chi connectivity index (χ1) is 7.02. The van der Waals surface area contributed by atoms with Crippen LogP contribution in [0.4, 0.5) is 0 Å². The summed E-state index contributed by atoms with van der Waals surface area (Å²) in [6, 6.07) is 0. The van der Waals surface area contributed by atoms with Crippen LogP contribution in [0, 0.1) is 12.8 Å². The Morgan fingerprint density at radius 2 is 2.47 bits per heavy atom. The van der Waals surface area contributed by atoms with Crippen LogP contribution in [-0.4, -0.2) is 22.4 Å². The lowest BCUT2D eigenvalue weighted by Crippen LogP contribution is -2.33. The second-order valence-corrected chi connectivity index (χ2v) is 4.61. The SMILES string of the molecule is Cc1ncsc1C(=O)NCC(C)C(N)=S. The zero-order chi connectivity index (χ0) is 11.4. The van der Waals surface area contributed by atoms with Crippen molar-refractivity contribution in [1.82, 2.24) is 10.3 Å². The lowest BCUT2D eigenvalue weighted by Gasteiger charge is -2.10. The van der Waals surface area contributed by atoms with E-state index in [1.807, 2.05) is 13.8 Å². The first-order valence-electron chi connectivity index (χ1n) is 4.50. The fraction of sp³-hybridized carbons (Fsp3) is 0.444. The van der Waals surface area contributed by atoms with Gasteiger partial charge in [-0.3, -0.25) is 4.79 Å². The molecule has 0 bridgehead atoms. The van der Waals surface area contributed by atoms with Crippen molar-refractivity contribution in [3.63, 3.8) is 0 Å². The van der Waals surface area contributed by atoms with Crippen molar-refractivity contribution in [2.45, 2.75) is 13.8 Å². The van der Waals surface area contributed by atoms with Crippen LogP contribution in [0.3, 0.4) is 0 Å². The predicted molar refractivity (Wildman–Crippen MR) is 65.1 cm³/mol. The fourth-order valence-corrected chi connectivity index (χ4v) is 1.75. The van der Waals surface area contributed by atoms with Gasteiger partial charge in [-0.05, 0) is 6.92 Å². The lowest BCUT2D eigenvalue weighted by atomic mass is 10.2. The molecule has 1 atom stereocenters. The number of carbonyl (C=O) groups excluding carboxylic acids is 1. The molecule has 0 aliphatic carbocycles. The van der Waals surface area contributed by atoms with Crippen LogP contribution in [-0.2, 0) is 0 Å². The number of hydrogen-bond acceptors (Lipinski definition) is 4. The minimum absolute atomic E-state index is 0.0113. The minimum Gasteiger partial charge on any atom is -0.393 e. The summed E-state index contributed by atoms with van der Waals surface area (Å²) in [4.78, 5) is 16.7. The summed E-state index contributed by atoms with van der Waals surface area (Å²) >= 11 is 6.14. The van der Waals surface area contributed by atoms with Gasteiger partial charge >= 0.3 is 0 Å². The molecule has 0 aliphatic heterocycles. The third kappa shape index (κ3) is 3.24. The minimum atomic E-state index is -0.113. The first kappa shape index (κ1) is 12.1. The highest BCUT2D eigenvalue weighted by molar-refractivity contribution is 7.80. The van der Waals surface area contributed by atoms with Crippen LogP contribution in [0.15, 0.2) is 5.51 Å². The van der Waals surface area contributed by atoms with Crippen LogP contribution in [0.5, 0.6) is 0 Å². The molecule has 15 heavy (non-hydrogen) atoms. The highest BCUT2D eigenvalue weighted by Crippen LogP contribution is 2.11. The molecule has 82 valence electrons. The summed E-state index contributed by atoms with van der Waals surface area (Å²) in [5.41, 5.74) is 7.85. The molecule has 1 unspecified atom stereocenters. The number of hydrogen-bond donors (Lipinski definition) is 2. The molecule has 0 saturated heterocycles. The van der Waals surface area contributed by atoms with Crippen molar-refractivity contribution >= 4 is 34.5 Å². The summed E-state index contributed by atoms with van der Waals surface area (Å²) in [6.45, 7) is 4.15. The molecule has 0 radical (unpaired) electrons. The smallest absolute Gasteiger partial charge is 0.263 e. The molecule has 3 N–H and O–H groups in total. The molecular formula is C9H13N3OS2. The number of thiazole rings is 1. The summed E-state index contributed by atoms with van der Waals surface area (Å²) in [7, 11) is 0. The molecule has 1 rings (SSSR count). The van der Waals surface area contributed by atoms with E-state index in [4.69, 9.17) is 18.0 Å². The lowest BCUT2D eigenvalue weighted by molar-refractivity contribution is 0.0954. The van der Waals surface area contributed by atoms with E-state index in [0.717, 1.165) is 5.69 Å². The molecule has 1 aromatic rings. The summed E-state index contributed by atoms with van der Waals surface area (Å²) < 4.78 is 0. The van der Waals surface area contributed by atoms with Crippen LogP contribution in [0.2, 0.25) is 0 Å². The Balaban J connectivity index is 2.51. The first-order valence-corrected chi connectivity index (χ1v) is 5.78. The molecule has 0 fully saturated rings. The maximum Gasteiger partial charge on any atom is 0.263 e. The van der Waals surface area contributed by atoms with Crippen LogP contribution < -0.4 is 11.1 Å². The Bertz CT molecular complexity index is 375. The van der Waals surface area contributed by atoms with Crippen molar-refractivity contribution in [2.75, 3.05) is 6.54 Å². The topological polar surface area (TPSA) is 68.0 Å². The Morgan fingerprint density at radius 3 is 2.93 bits per heavy atom. The number of aryl methyl sites for hydroxylation is 1. The summed E-state index contributed by atoms with van der Waals surface area (Å²) in [5.74, 6) is -0.102. The van der Waals surface area contributed by atoms with Gasteiger partial charge in [0.15, 0.2) is 0 Å². The third-order valence-corrected chi connectivity index (χ3v) is 3.34. The normalized spacial score (nSPS) is 12.1. The average Bonchev–Trinajstić information content (AvgIpc) is 2.60. The maximum atomic E-state index is 11.6. The van der Waals surface area contributed by atoms with E-state index in [1.54, 1.807) is 5.51 Å². The van der Waals surface area contributed by atoms with Gasteiger partial charge in [0.2, 0.25) is 0 Å². The molecule has 0 aromatic carbocycles. The van der Waals surface area contributed by atoms with E-state index >= 15 is 0 Å². The van der Waals surface area contributed by atoms with Crippen molar-refractivity contribution in [2.24, 2.45) is 11.7 Å². The average molecular weight is 243 g/mol. The van der Waals surface area contributed by atoms with Gasteiger partial charge in [-0.25, -0.2) is 4.98 Å². The van der Waals surface area contributed by atoms with Gasteiger partial charge in [0.25, 0.3) is 5.91 Å². The third-order valence-electron chi connectivity index (χ3n) is 2.01. The van der Waals surface area contributed by atoms with E-state index < -0.39 is 0 Å².